The van der Waals surface area contributed by atoms with Crippen molar-refractivity contribution in [2.75, 3.05) is 17.2 Å². The lowest BCUT2D eigenvalue weighted by atomic mass is 9.75. The predicted molar refractivity (Wildman–Crippen MR) is 91.5 cm³/mol. The summed E-state index contributed by atoms with van der Waals surface area (Å²) in [5, 5.41) is 8.17. The molecule has 4 nitrogen and oxygen atoms in total. The van der Waals surface area contributed by atoms with Gasteiger partial charge >= 0.3 is 0 Å². The van der Waals surface area contributed by atoms with Gasteiger partial charge in [-0.05, 0) is 45.1 Å². The summed E-state index contributed by atoms with van der Waals surface area (Å²) in [5.41, 5.74) is 0.249. The van der Waals surface area contributed by atoms with Crippen molar-refractivity contribution in [3.8, 4) is 0 Å². The average Bonchev–Trinajstić information content (AvgIpc) is 2.86. The number of fused-ring (bicyclic) bond motifs is 1. The second-order valence-corrected chi connectivity index (χ2v) is 6.94. The molecule has 5 heteroatoms. The first-order chi connectivity index (χ1) is 10.2. The van der Waals surface area contributed by atoms with Crippen LogP contribution in [-0.4, -0.2) is 22.1 Å². The molecule has 0 radical (unpaired) electrons. The standard InChI is InChI=1S/C16H24N4S/c1-4-11-10-12-13(20-16(5-2)8-7-9-16)18-15(17-6-3)19-14(12)21-11/h10H,4-9H2,1-3H3,(H2,17,18,19,20). The molecular formula is C16H24N4S. The van der Waals surface area contributed by atoms with Crippen molar-refractivity contribution >= 4 is 33.3 Å². The number of hydrogen-bond donors (Lipinski definition) is 2. The molecule has 0 unspecified atom stereocenters. The van der Waals surface area contributed by atoms with Gasteiger partial charge in [0.15, 0.2) is 0 Å². The molecule has 21 heavy (non-hydrogen) atoms. The number of rotatable bonds is 6. The molecule has 0 atom stereocenters. The minimum atomic E-state index is 0.249. The molecule has 1 fully saturated rings. The van der Waals surface area contributed by atoms with Gasteiger partial charge in [0.1, 0.15) is 10.6 Å². The number of aryl methyl sites for hydroxylation is 1. The van der Waals surface area contributed by atoms with Crippen LogP contribution in [0.15, 0.2) is 6.07 Å². The van der Waals surface area contributed by atoms with Crippen LogP contribution in [0.1, 0.15) is 51.3 Å². The Morgan fingerprint density at radius 3 is 2.62 bits per heavy atom. The number of hydrogen-bond acceptors (Lipinski definition) is 5. The Balaban J connectivity index is 2.03. The normalized spacial score (nSPS) is 16.7. The number of anilines is 2. The first-order valence-corrected chi connectivity index (χ1v) is 8.84. The zero-order valence-electron chi connectivity index (χ0n) is 13.1. The van der Waals surface area contributed by atoms with Gasteiger partial charge in [-0.2, -0.15) is 4.98 Å². The smallest absolute Gasteiger partial charge is 0.226 e. The van der Waals surface area contributed by atoms with Crippen LogP contribution >= 0.6 is 11.3 Å². The van der Waals surface area contributed by atoms with E-state index < -0.39 is 0 Å². The molecule has 2 heterocycles. The molecule has 114 valence electrons. The zero-order chi connectivity index (χ0) is 14.9. The molecular weight excluding hydrogens is 280 g/mol. The van der Waals surface area contributed by atoms with E-state index in [9.17, 15) is 0 Å². The number of aromatic nitrogens is 2. The van der Waals surface area contributed by atoms with E-state index >= 15 is 0 Å². The van der Waals surface area contributed by atoms with Crippen molar-refractivity contribution in [2.45, 2.75) is 58.4 Å². The minimum absolute atomic E-state index is 0.249. The van der Waals surface area contributed by atoms with E-state index in [-0.39, 0.29) is 5.54 Å². The number of thiophene rings is 1. The minimum Gasteiger partial charge on any atom is -0.364 e. The van der Waals surface area contributed by atoms with Crippen LogP contribution < -0.4 is 10.6 Å². The number of nitrogens with one attached hydrogen (secondary N) is 2. The monoisotopic (exact) mass is 304 g/mol. The Hall–Kier alpha value is -1.36. The van der Waals surface area contributed by atoms with E-state index in [4.69, 9.17) is 4.98 Å². The molecule has 0 saturated heterocycles. The summed E-state index contributed by atoms with van der Waals surface area (Å²) in [6.07, 6.45) is 6.02. The molecule has 2 N–H and O–H groups in total. The van der Waals surface area contributed by atoms with Crippen LogP contribution in [0.4, 0.5) is 11.8 Å². The van der Waals surface area contributed by atoms with Gasteiger partial charge in [0.25, 0.3) is 0 Å². The average molecular weight is 304 g/mol. The zero-order valence-corrected chi connectivity index (χ0v) is 13.9. The first-order valence-electron chi connectivity index (χ1n) is 8.02. The fraction of sp³-hybridized carbons (Fsp3) is 0.625. The predicted octanol–water partition coefficient (Wildman–Crippen LogP) is 4.43. The lowest BCUT2D eigenvalue weighted by Crippen LogP contribution is -2.44. The van der Waals surface area contributed by atoms with Crippen molar-refractivity contribution in [3.63, 3.8) is 0 Å². The van der Waals surface area contributed by atoms with Gasteiger partial charge in [-0.25, -0.2) is 4.98 Å². The summed E-state index contributed by atoms with van der Waals surface area (Å²) < 4.78 is 0. The summed E-state index contributed by atoms with van der Waals surface area (Å²) in [6.45, 7) is 7.37. The van der Waals surface area contributed by atoms with Gasteiger partial charge < -0.3 is 10.6 Å². The highest BCUT2D eigenvalue weighted by Gasteiger charge is 2.35. The van der Waals surface area contributed by atoms with Gasteiger partial charge in [-0.15, -0.1) is 11.3 Å². The van der Waals surface area contributed by atoms with Crippen LogP contribution in [-0.2, 0) is 6.42 Å². The van der Waals surface area contributed by atoms with Crippen LogP contribution in [0.25, 0.3) is 10.2 Å². The van der Waals surface area contributed by atoms with Gasteiger partial charge in [0.2, 0.25) is 5.95 Å². The lowest BCUT2D eigenvalue weighted by Gasteiger charge is -2.42. The number of nitrogens with zero attached hydrogens (tertiary/aromatic N) is 2. The molecule has 0 aromatic carbocycles. The molecule has 0 bridgehead atoms. The summed E-state index contributed by atoms with van der Waals surface area (Å²) in [5.74, 6) is 1.75. The van der Waals surface area contributed by atoms with Gasteiger partial charge in [0.05, 0.1) is 5.39 Å². The van der Waals surface area contributed by atoms with Crippen molar-refractivity contribution in [2.24, 2.45) is 0 Å². The highest BCUT2D eigenvalue weighted by molar-refractivity contribution is 7.18. The maximum absolute atomic E-state index is 4.73. The molecule has 1 saturated carbocycles. The Morgan fingerprint density at radius 2 is 2.05 bits per heavy atom. The highest BCUT2D eigenvalue weighted by atomic mass is 32.1. The fourth-order valence-electron chi connectivity index (χ4n) is 2.90. The molecule has 3 rings (SSSR count). The van der Waals surface area contributed by atoms with Crippen LogP contribution in [0.2, 0.25) is 0 Å². The molecule has 1 aliphatic carbocycles. The molecule has 0 spiro atoms. The van der Waals surface area contributed by atoms with Crippen molar-refractivity contribution in [1.82, 2.24) is 9.97 Å². The second-order valence-electron chi connectivity index (χ2n) is 5.82. The van der Waals surface area contributed by atoms with Crippen LogP contribution in [0.3, 0.4) is 0 Å². The Kier molecular flexibility index (Phi) is 4.02. The SMILES string of the molecule is CCNc1nc(NC2(CC)CCC2)c2cc(CC)sc2n1. The molecule has 2 aromatic rings. The third-order valence-corrected chi connectivity index (χ3v) is 5.67. The molecule has 0 aliphatic heterocycles. The summed E-state index contributed by atoms with van der Waals surface area (Å²) in [4.78, 5) is 11.8. The maximum Gasteiger partial charge on any atom is 0.226 e. The van der Waals surface area contributed by atoms with Crippen molar-refractivity contribution in [1.29, 1.82) is 0 Å². The van der Waals surface area contributed by atoms with Crippen LogP contribution in [0, 0.1) is 0 Å². The van der Waals surface area contributed by atoms with E-state index in [1.165, 1.54) is 29.5 Å². The van der Waals surface area contributed by atoms with Crippen molar-refractivity contribution < 1.29 is 0 Å². The molecule has 0 amide bonds. The van der Waals surface area contributed by atoms with E-state index in [2.05, 4.69) is 42.5 Å². The maximum atomic E-state index is 4.73. The second kappa shape index (κ2) is 5.79. The summed E-state index contributed by atoms with van der Waals surface area (Å²) in [7, 11) is 0. The summed E-state index contributed by atoms with van der Waals surface area (Å²) in [6, 6.07) is 2.25. The topological polar surface area (TPSA) is 49.8 Å². The third-order valence-electron chi connectivity index (χ3n) is 4.50. The quantitative estimate of drug-likeness (QED) is 0.829. The van der Waals surface area contributed by atoms with E-state index in [1.54, 1.807) is 11.3 Å². The van der Waals surface area contributed by atoms with Gasteiger partial charge in [-0.3, -0.25) is 0 Å². The van der Waals surface area contributed by atoms with E-state index in [0.29, 0.717) is 0 Å². The largest absolute Gasteiger partial charge is 0.364 e. The third kappa shape index (κ3) is 2.71. The Labute approximate surface area is 130 Å². The first kappa shape index (κ1) is 14.6. The highest BCUT2D eigenvalue weighted by Crippen LogP contribution is 2.40. The van der Waals surface area contributed by atoms with Gasteiger partial charge in [-0.1, -0.05) is 13.8 Å². The van der Waals surface area contributed by atoms with Gasteiger partial charge in [0, 0.05) is 17.0 Å². The van der Waals surface area contributed by atoms with E-state index in [0.717, 1.165) is 36.0 Å². The van der Waals surface area contributed by atoms with Crippen LogP contribution in [0.5, 0.6) is 0 Å². The Morgan fingerprint density at radius 1 is 1.24 bits per heavy atom. The Bertz CT molecular complexity index is 625. The van der Waals surface area contributed by atoms with Crippen molar-refractivity contribution in [3.05, 3.63) is 10.9 Å². The van der Waals surface area contributed by atoms with E-state index in [1.807, 2.05) is 0 Å². The fourth-order valence-corrected chi connectivity index (χ4v) is 3.87. The summed E-state index contributed by atoms with van der Waals surface area (Å²) >= 11 is 1.78. The molecule has 2 aromatic heterocycles. The lowest BCUT2D eigenvalue weighted by molar-refractivity contribution is 0.269. The molecule has 1 aliphatic rings.